The Morgan fingerprint density at radius 1 is 1.15 bits per heavy atom. The number of hydrogen-bond donors (Lipinski definition) is 1. The number of rotatable bonds is 5. The van der Waals surface area contributed by atoms with E-state index in [1.165, 1.54) is 27.9 Å². The Bertz CT molecular complexity index is 1110. The zero-order chi connectivity index (χ0) is 18.8. The highest BCUT2D eigenvalue weighted by molar-refractivity contribution is 7.14. The zero-order valence-corrected chi connectivity index (χ0v) is 16.2. The molecule has 2 aromatic heterocycles. The van der Waals surface area contributed by atoms with Crippen LogP contribution < -0.4 is 10.2 Å². The van der Waals surface area contributed by atoms with Crippen LogP contribution in [0.1, 0.15) is 11.3 Å². The van der Waals surface area contributed by atoms with E-state index in [9.17, 15) is 0 Å². The highest BCUT2D eigenvalue weighted by Crippen LogP contribution is 2.27. The Balaban J connectivity index is 1.53. The van der Waals surface area contributed by atoms with Crippen molar-refractivity contribution >= 4 is 33.6 Å². The first-order valence-electron chi connectivity index (χ1n) is 8.60. The van der Waals surface area contributed by atoms with Crippen LogP contribution in [0, 0.1) is 6.92 Å². The van der Waals surface area contributed by atoms with Gasteiger partial charge >= 0.3 is 0 Å². The number of hydrazone groups is 1. The van der Waals surface area contributed by atoms with Crippen LogP contribution in [0.15, 0.2) is 59.0 Å². The number of para-hydroxylation sites is 1. The highest BCUT2D eigenvalue weighted by Gasteiger charge is 2.09. The molecule has 0 fully saturated rings. The summed E-state index contributed by atoms with van der Waals surface area (Å²) in [7, 11) is 3.74. The molecule has 2 heterocycles. The number of ether oxygens (including phenoxy) is 1. The molecule has 1 N–H and O–H groups in total. The molecule has 0 bridgehead atoms. The van der Waals surface area contributed by atoms with Crippen LogP contribution >= 0.6 is 11.3 Å². The van der Waals surface area contributed by atoms with Gasteiger partial charge in [-0.25, -0.2) is 4.98 Å². The molecule has 0 spiro atoms. The van der Waals surface area contributed by atoms with Crippen molar-refractivity contribution in [2.75, 3.05) is 12.5 Å². The number of aromatic nitrogens is 2. The van der Waals surface area contributed by atoms with Crippen molar-refractivity contribution < 1.29 is 4.74 Å². The summed E-state index contributed by atoms with van der Waals surface area (Å²) in [5, 5.41) is 8.38. The fourth-order valence-corrected chi connectivity index (χ4v) is 3.75. The van der Waals surface area contributed by atoms with Crippen molar-refractivity contribution in [3.8, 4) is 17.0 Å². The topological polar surface area (TPSA) is 51.4 Å². The van der Waals surface area contributed by atoms with Gasteiger partial charge in [0.15, 0.2) is 0 Å². The predicted molar refractivity (Wildman–Crippen MR) is 113 cm³/mol. The summed E-state index contributed by atoms with van der Waals surface area (Å²) in [6, 6.07) is 16.2. The van der Waals surface area contributed by atoms with E-state index in [4.69, 9.17) is 4.74 Å². The summed E-state index contributed by atoms with van der Waals surface area (Å²) in [6.45, 7) is 2.10. The summed E-state index contributed by atoms with van der Waals surface area (Å²) in [5.74, 6) is 0.836. The molecule has 4 aromatic rings. The third-order valence-electron chi connectivity index (χ3n) is 4.69. The Morgan fingerprint density at radius 3 is 2.70 bits per heavy atom. The molecule has 0 atom stereocenters. The molecule has 0 aliphatic rings. The van der Waals surface area contributed by atoms with Gasteiger partial charge in [-0.3, -0.25) is 5.43 Å². The Kier molecular flexibility index (Phi) is 4.64. The van der Waals surface area contributed by atoms with Gasteiger partial charge in [0.25, 0.3) is 0 Å². The molecular weight excluding hydrogens is 356 g/mol. The number of nitrogens with one attached hydrogen (secondary N) is 1. The molecule has 0 aliphatic heterocycles. The van der Waals surface area contributed by atoms with Gasteiger partial charge in [0.1, 0.15) is 5.75 Å². The van der Waals surface area contributed by atoms with Crippen LogP contribution in [0.2, 0.25) is 0 Å². The molecule has 0 aliphatic carbocycles. The number of benzene rings is 2. The Hall–Kier alpha value is -3.12. The molecule has 4 rings (SSSR count). The molecule has 136 valence electrons. The number of methoxy groups -OCH3 is 1. The van der Waals surface area contributed by atoms with Crippen LogP contribution in [0.4, 0.5) is 5.13 Å². The van der Waals surface area contributed by atoms with Crippen molar-refractivity contribution in [2.24, 2.45) is 12.1 Å². The Morgan fingerprint density at radius 2 is 1.93 bits per heavy atom. The summed E-state index contributed by atoms with van der Waals surface area (Å²) >= 11 is 1.53. The van der Waals surface area contributed by atoms with E-state index in [0.717, 1.165) is 27.7 Å². The maximum Gasteiger partial charge on any atom is 0.203 e. The minimum absolute atomic E-state index is 0.759. The predicted octanol–water partition coefficient (Wildman–Crippen LogP) is 5.06. The average Bonchev–Trinajstić information content (AvgIpc) is 3.27. The van der Waals surface area contributed by atoms with E-state index in [2.05, 4.69) is 58.3 Å². The zero-order valence-electron chi connectivity index (χ0n) is 15.4. The van der Waals surface area contributed by atoms with E-state index >= 15 is 0 Å². The number of nitrogens with zero attached hydrogens (tertiary/aromatic N) is 3. The largest absolute Gasteiger partial charge is 0.497 e. The number of fused-ring (bicyclic) bond motifs is 1. The van der Waals surface area contributed by atoms with Crippen molar-refractivity contribution in [3.05, 3.63) is 65.2 Å². The Labute approximate surface area is 161 Å². The summed E-state index contributed by atoms with van der Waals surface area (Å²) in [4.78, 5) is 4.60. The first kappa shape index (κ1) is 17.3. The SMILES string of the molecule is COc1ccc(-c2csc(N/N=C\c3c(C)n(C)c4ccccc34)n2)cc1. The molecule has 27 heavy (non-hydrogen) atoms. The first-order chi connectivity index (χ1) is 13.2. The lowest BCUT2D eigenvalue weighted by Crippen LogP contribution is -1.94. The molecule has 0 saturated heterocycles. The average molecular weight is 376 g/mol. The fourth-order valence-electron chi connectivity index (χ4n) is 3.08. The maximum absolute atomic E-state index is 5.20. The van der Waals surface area contributed by atoms with Gasteiger partial charge in [-0.15, -0.1) is 11.3 Å². The minimum Gasteiger partial charge on any atom is -0.497 e. The van der Waals surface area contributed by atoms with Gasteiger partial charge in [0.05, 0.1) is 19.0 Å². The second kappa shape index (κ2) is 7.25. The normalized spacial score (nSPS) is 11.4. The highest BCUT2D eigenvalue weighted by atomic mass is 32.1. The second-order valence-electron chi connectivity index (χ2n) is 6.21. The lowest BCUT2D eigenvalue weighted by molar-refractivity contribution is 0.415. The molecule has 0 saturated carbocycles. The van der Waals surface area contributed by atoms with Gasteiger partial charge in [0, 0.05) is 40.2 Å². The number of anilines is 1. The minimum atomic E-state index is 0.759. The first-order valence-corrected chi connectivity index (χ1v) is 9.48. The summed E-state index contributed by atoms with van der Waals surface area (Å²) in [6.07, 6.45) is 1.87. The molecule has 6 heteroatoms. The second-order valence-corrected chi connectivity index (χ2v) is 7.07. The molecule has 5 nitrogen and oxygen atoms in total. The lowest BCUT2D eigenvalue weighted by Gasteiger charge is -2.00. The third kappa shape index (κ3) is 3.31. The standard InChI is InChI=1S/C21H20N4OS/c1-14-18(17-6-4-5-7-20(17)25(14)2)12-22-24-21-23-19(13-27-21)15-8-10-16(26-3)11-9-15/h4-13H,1-3H3,(H,23,24)/b22-12-. The quantitative estimate of drug-likeness (QED) is 0.391. The van der Waals surface area contributed by atoms with Crippen LogP contribution in [-0.2, 0) is 7.05 Å². The van der Waals surface area contributed by atoms with Gasteiger partial charge in [0.2, 0.25) is 5.13 Å². The van der Waals surface area contributed by atoms with Crippen molar-refractivity contribution in [3.63, 3.8) is 0 Å². The molecule has 0 amide bonds. The van der Waals surface area contributed by atoms with Crippen LogP contribution in [0.5, 0.6) is 5.75 Å². The molecule has 0 unspecified atom stereocenters. The number of thiazole rings is 1. The van der Waals surface area contributed by atoms with E-state index in [1.54, 1.807) is 7.11 Å². The maximum atomic E-state index is 5.20. The monoisotopic (exact) mass is 376 g/mol. The van der Waals surface area contributed by atoms with Crippen LogP contribution in [-0.4, -0.2) is 22.9 Å². The van der Waals surface area contributed by atoms with Crippen molar-refractivity contribution in [2.45, 2.75) is 6.92 Å². The number of aryl methyl sites for hydroxylation is 1. The number of hydrogen-bond acceptors (Lipinski definition) is 5. The van der Waals surface area contributed by atoms with E-state index in [-0.39, 0.29) is 0 Å². The van der Waals surface area contributed by atoms with E-state index in [1.807, 2.05) is 35.9 Å². The van der Waals surface area contributed by atoms with Gasteiger partial charge in [-0.2, -0.15) is 5.10 Å². The smallest absolute Gasteiger partial charge is 0.203 e. The summed E-state index contributed by atoms with van der Waals surface area (Å²) in [5.41, 5.74) is 8.52. The molecular formula is C21H20N4OS. The fraction of sp³-hybridized carbons (Fsp3) is 0.143. The summed E-state index contributed by atoms with van der Waals surface area (Å²) < 4.78 is 7.38. The van der Waals surface area contributed by atoms with Crippen molar-refractivity contribution in [1.29, 1.82) is 0 Å². The van der Waals surface area contributed by atoms with E-state index in [0.29, 0.717) is 0 Å². The van der Waals surface area contributed by atoms with Gasteiger partial charge < -0.3 is 9.30 Å². The van der Waals surface area contributed by atoms with Gasteiger partial charge in [-0.05, 0) is 37.3 Å². The van der Waals surface area contributed by atoms with Crippen LogP contribution in [0.25, 0.3) is 22.2 Å². The molecule has 0 radical (unpaired) electrons. The molecule has 2 aromatic carbocycles. The van der Waals surface area contributed by atoms with Crippen molar-refractivity contribution in [1.82, 2.24) is 9.55 Å². The van der Waals surface area contributed by atoms with E-state index < -0.39 is 0 Å². The lowest BCUT2D eigenvalue weighted by atomic mass is 10.1. The third-order valence-corrected chi connectivity index (χ3v) is 5.44. The van der Waals surface area contributed by atoms with Gasteiger partial charge in [-0.1, -0.05) is 18.2 Å². The van der Waals surface area contributed by atoms with Crippen LogP contribution in [0.3, 0.4) is 0 Å².